The zero-order valence-corrected chi connectivity index (χ0v) is 12.0. The number of halogens is 1. The van der Waals surface area contributed by atoms with Crippen molar-refractivity contribution in [3.63, 3.8) is 0 Å². The van der Waals surface area contributed by atoms with Gasteiger partial charge >= 0.3 is 0 Å². The van der Waals surface area contributed by atoms with Crippen LogP contribution in [0.1, 0.15) is 10.5 Å². The molecule has 8 nitrogen and oxygen atoms in total. The second kappa shape index (κ2) is 6.04. The van der Waals surface area contributed by atoms with Crippen LogP contribution in [0.15, 0.2) is 36.7 Å². The van der Waals surface area contributed by atoms with Crippen LogP contribution in [0.25, 0.3) is 0 Å². The first-order chi connectivity index (χ1) is 9.83. The van der Waals surface area contributed by atoms with E-state index in [1.165, 1.54) is 24.5 Å². The molecule has 0 radical (unpaired) electrons. The van der Waals surface area contributed by atoms with Gasteiger partial charge in [-0.25, -0.2) is 10.1 Å². The Kier molecular flexibility index (Phi) is 4.36. The number of carbonyl (C=O) groups excluding carboxylic acids is 1. The van der Waals surface area contributed by atoms with E-state index in [-0.39, 0.29) is 16.5 Å². The molecule has 2 rings (SSSR count). The van der Waals surface area contributed by atoms with Crippen molar-refractivity contribution in [3.8, 4) is 0 Å². The third-order valence-electron chi connectivity index (χ3n) is 2.22. The minimum atomic E-state index is -3.88. The van der Waals surface area contributed by atoms with E-state index in [1.807, 2.05) is 0 Å². The Labute approximate surface area is 125 Å². The second-order valence-electron chi connectivity index (χ2n) is 3.91. The average molecular weight is 328 g/mol. The first-order valence-electron chi connectivity index (χ1n) is 5.53. The van der Waals surface area contributed by atoms with Crippen molar-refractivity contribution in [2.75, 3.05) is 10.0 Å². The third-order valence-corrected chi connectivity index (χ3v) is 2.92. The van der Waals surface area contributed by atoms with Gasteiger partial charge in [-0.3, -0.25) is 14.5 Å². The summed E-state index contributed by atoms with van der Waals surface area (Å²) in [5, 5.41) is 7.49. The summed E-state index contributed by atoms with van der Waals surface area (Å²) in [4.78, 5) is 19.5. The van der Waals surface area contributed by atoms with Crippen molar-refractivity contribution < 1.29 is 13.2 Å². The predicted octanol–water partition coefficient (Wildman–Crippen LogP) is 0.998. The molecule has 0 unspecified atom stereocenters. The number of carbonyl (C=O) groups is 1. The zero-order chi connectivity index (χ0) is 15.5. The second-order valence-corrected chi connectivity index (χ2v) is 5.59. The van der Waals surface area contributed by atoms with Crippen LogP contribution < -0.4 is 15.2 Å². The SMILES string of the molecule is NS(=O)(=O)Nc1cccc(NC(=O)c2cncc(Cl)n2)c1. The van der Waals surface area contributed by atoms with E-state index in [1.54, 1.807) is 12.1 Å². The summed E-state index contributed by atoms with van der Waals surface area (Å²) < 4.78 is 24.0. The Morgan fingerprint density at radius 1 is 1.24 bits per heavy atom. The minimum absolute atomic E-state index is 0.0345. The Morgan fingerprint density at radius 3 is 2.62 bits per heavy atom. The maximum Gasteiger partial charge on any atom is 0.296 e. The lowest BCUT2D eigenvalue weighted by Crippen LogP contribution is -2.21. The van der Waals surface area contributed by atoms with Gasteiger partial charge in [-0.15, -0.1) is 0 Å². The molecule has 0 fully saturated rings. The molecule has 1 amide bonds. The number of benzene rings is 1. The Bertz CT molecular complexity index is 781. The number of aromatic nitrogens is 2. The van der Waals surface area contributed by atoms with E-state index in [0.717, 1.165) is 0 Å². The van der Waals surface area contributed by atoms with Gasteiger partial charge in [0.15, 0.2) is 0 Å². The van der Waals surface area contributed by atoms with E-state index in [4.69, 9.17) is 16.7 Å². The molecule has 110 valence electrons. The lowest BCUT2D eigenvalue weighted by atomic mass is 10.3. The molecule has 0 saturated heterocycles. The number of hydrogen-bond acceptors (Lipinski definition) is 5. The summed E-state index contributed by atoms with van der Waals surface area (Å²) in [7, 11) is -3.88. The molecule has 1 aromatic heterocycles. The smallest absolute Gasteiger partial charge is 0.296 e. The molecular weight excluding hydrogens is 318 g/mol. The van der Waals surface area contributed by atoms with Crippen LogP contribution in [0.2, 0.25) is 5.15 Å². The molecule has 1 heterocycles. The first-order valence-corrected chi connectivity index (χ1v) is 7.45. The molecular formula is C11H10ClN5O3S. The number of nitrogens with zero attached hydrogens (tertiary/aromatic N) is 2. The van der Waals surface area contributed by atoms with Crippen LogP contribution in [-0.2, 0) is 10.2 Å². The predicted molar refractivity (Wildman–Crippen MR) is 78.2 cm³/mol. The van der Waals surface area contributed by atoms with Crippen LogP contribution in [0, 0.1) is 0 Å². The number of nitrogens with two attached hydrogens (primary N) is 1. The summed E-state index contributed by atoms with van der Waals surface area (Å²) in [5.41, 5.74) is 0.607. The molecule has 0 bridgehead atoms. The van der Waals surface area contributed by atoms with Gasteiger partial charge < -0.3 is 5.32 Å². The van der Waals surface area contributed by atoms with Gasteiger partial charge in [0.05, 0.1) is 18.1 Å². The maximum atomic E-state index is 11.9. The highest BCUT2D eigenvalue weighted by Gasteiger charge is 2.10. The highest BCUT2D eigenvalue weighted by atomic mass is 35.5. The first kappa shape index (κ1) is 15.2. The van der Waals surface area contributed by atoms with Gasteiger partial charge in [0.1, 0.15) is 10.8 Å². The highest BCUT2D eigenvalue weighted by Crippen LogP contribution is 2.16. The van der Waals surface area contributed by atoms with E-state index in [2.05, 4.69) is 20.0 Å². The molecule has 21 heavy (non-hydrogen) atoms. The van der Waals surface area contributed by atoms with E-state index < -0.39 is 16.1 Å². The van der Waals surface area contributed by atoms with Crippen molar-refractivity contribution in [2.24, 2.45) is 5.14 Å². The molecule has 0 spiro atoms. The number of anilines is 2. The molecule has 0 saturated carbocycles. The number of hydrogen-bond donors (Lipinski definition) is 3. The van der Waals surface area contributed by atoms with E-state index >= 15 is 0 Å². The summed E-state index contributed by atoms with van der Waals surface area (Å²) in [6, 6.07) is 6.01. The molecule has 0 aliphatic heterocycles. The van der Waals surface area contributed by atoms with Crippen LogP contribution in [0.4, 0.5) is 11.4 Å². The topological polar surface area (TPSA) is 127 Å². The molecule has 0 aliphatic carbocycles. The molecule has 0 aliphatic rings. The molecule has 0 atom stereocenters. The summed E-state index contributed by atoms with van der Waals surface area (Å²) >= 11 is 5.65. The quantitative estimate of drug-likeness (QED) is 0.771. The van der Waals surface area contributed by atoms with Gasteiger partial charge in [-0.1, -0.05) is 17.7 Å². The van der Waals surface area contributed by atoms with Crippen LogP contribution >= 0.6 is 11.6 Å². The summed E-state index contributed by atoms with van der Waals surface area (Å²) in [5.74, 6) is -0.530. The summed E-state index contributed by atoms with van der Waals surface area (Å²) in [6.45, 7) is 0. The van der Waals surface area contributed by atoms with Crippen LogP contribution in [0.3, 0.4) is 0 Å². The Morgan fingerprint density at radius 2 is 1.95 bits per heavy atom. The largest absolute Gasteiger partial charge is 0.321 e. The normalized spacial score (nSPS) is 11.0. The number of amides is 1. The zero-order valence-electron chi connectivity index (χ0n) is 10.4. The van der Waals surface area contributed by atoms with E-state index in [9.17, 15) is 13.2 Å². The van der Waals surface area contributed by atoms with Crippen molar-refractivity contribution >= 4 is 39.1 Å². The molecule has 10 heteroatoms. The van der Waals surface area contributed by atoms with Gasteiger partial charge in [-0.05, 0) is 18.2 Å². The Hall–Kier alpha value is -2.23. The number of rotatable bonds is 4. The van der Waals surface area contributed by atoms with Crippen molar-refractivity contribution in [3.05, 3.63) is 47.5 Å². The van der Waals surface area contributed by atoms with Crippen molar-refractivity contribution in [2.45, 2.75) is 0 Å². The van der Waals surface area contributed by atoms with Crippen LogP contribution in [0.5, 0.6) is 0 Å². The summed E-state index contributed by atoms with van der Waals surface area (Å²) in [6.07, 6.45) is 2.56. The van der Waals surface area contributed by atoms with Gasteiger partial charge in [0, 0.05) is 5.69 Å². The van der Waals surface area contributed by atoms with Gasteiger partial charge in [0.2, 0.25) is 0 Å². The fraction of sp³-hybridized carbons (Fsp3) is 0. The lowest BCUT2D eigenvalue weighted by molar-refractivity contribution is 0.102. The monoisotopic (exact) mass is 327 g/mol. The molecule has 2 aromatic rings. The van der Waals surface area contributed by atoms with Gasteiger partial charge in [-0.2, -0.15) is 8.42 Å². The van der Waals surface area contributed by atoms with E-state index in [0.29, 0.717) is 5.69 Å². The van der Waals surface area contributed by atoms with Crippen LogP contribution in [-0.4, -0.2) is 24.3 Å². The molecule has 1 aromatic carbocycles. The fourth-order valence-corrected chi connectivity index (χ4v) is 2.07. The third kappa shape index (κ3) is 4.67. The standard InChI is InChI=1S/C11H10ClN5O3S/c12-10-6-14-5-9(16-10)11(18)15-7-2-1-3-8(4-7)17-21(13,19)20/h1-6,17H,(H,15,18)(H2,13,19,20). The van der Waals surface area contributed by atoms with Crippen molar-refractivity contribution in [1.29, 1.82) is 0 Å². The highest BCUT2D eigenvalue weighted by molar-refractivity contribution is 7.90. The minimum Gasteiger partial charge on any atom is -0.321 e. The number of nitrogens with one attached hydrogen (secondary N) is 2. The molecule has 4 N–H and O–H groups in total. The average Bonchev–Trinajstić information content (AvgIpc) is 2.37. The van der Waals surface area contributed by atoms with Gasteiger partial charge in [0.25, 0.3) is 16.1 Å². The Balaban J connectivity index is 2.16. The fourth-order valence-electron chi connectivity index (χ4n) is 1.47. The lowest BCUT2D eigenvalue weighted by Gasteiger charge is -2.07. The van der Waals surface area contributed by atoms with Crippen molar-refractivity contribution in [1.82, 2.24) is 9.97 Å². The maximum absolute atomic E-state index is 11.9.